The highest BCUT2D eigenvalue weighted by Gasteiger charge is 2.27. The molecule has 32 heavy (non-hydrogen) atoms. The molecule has 2 saturated carbocycles. The maximum absolute atomic E-state index is 12.8. The summed E-state index contributed by atoms with van der Waals surface area (Å²) < 4.78 is 7.62. The molecule has 8 heteroatoms. The van der Waals surface area contributed by atoms with Crippen LogP contribution in [0.4, 0.5) is 5.69 Å². The summed E-state index contributed by atoms with van der Waals surface area (Å²) in [6.45, 7) is 2.56. The summed E-state index contributed by atoms with van der Waals surface area (Å²) in [5.41, 5.74) is 0.987. The number of hydrogen-bond donors (Lipinski definition) is 2. The Bertz CT molecular complexity index is 890. The number of carbonyl (C=O) groups excluding carboxylic acids is 1. The molecule has 1 heterocycles. The second kappa shape index (κ2) is 11.1. The van der Waals surface area contributed by atoms with Crippen LogP contribution in [0.25, 0.3) is 0 Å². The number of nitrogens with one attached hydrogen (secondary N) is 2. The van der Waals surface area contributed by atoms with E-state index in [-0.39, 0.29) is 11.2 Å². The van der Waals surface area contributed by atoms with Gasteiger partial charge in [-0.1, -0.05) is 49.9 Å². The molecule has 0 saturated heterocycles. The molecule has 0 radical (unpaired) electrons. The molecule has 2 aliphatic rings. The molecule has 7 nitrogen and oxygen atoms in total. The van der Waals surface area contributed by atoms with Gasteiger partial charge in [0.15, 0.2) is 11.0 Å². The molecule has 1 unspecified atom stereocenters. The predicted molar refractivity (Wildman–Crippen MR) is 128 cm³/mol. The van der Waals surface area contributed by atoms with E-state index in [4.69, 9.17) is 4.74 Å². The summed E-state index contributed by atoms with van der Waals surface area (Å²) in [7, 11) is 1.67. The van der Waals surface area contributed by atoms with Gasteiger partial charge in [0.05, 0.1) is 18.9 Å². The Hall–Kier alpha value is -2.22. The maximum Gasteiger partial charge on any atom is 0.233 e. The van der Waals surface area contributed by atoms with Crippen molar-refractivity contribution in [2.45, 2.75) is 93.7 Å². The van der Waals surface area contributed by atoms with E-state index in [2.05, 4.69) is 25.4 Å². The number of nitrogens with zero attached hydrogens (tertiary/aromatic N) is 3. The Kier molecular flexibility index (Phi) is 7.95. The fraction of sp³-hybridized carbons (Fsp3) is 0.625. The molecule has 2 fully saturated rings. The second-order valence-electron chi connectivity index (χ2n) is 8.90. The summed E-state index contributed by atoms with van der Waals surface area (Å²) in [6.07, 6.45) is 10.7. The fourth-order valence-electron chi connectivity index (χ4n) is 4.73. The summed E-state index contributed by atoms with van der Waals surface area (Å²) >= 11 is 1.53. The highest BCUT2D eigenvalue weighted by molar-refractivity contribution is 8.00. The molecule has 2 aromatic rings. The Morgan fingerprint density at radius 1 is 1.16 bits per heavy atom. The Morgan fingerprint density at radius 3 is 2.66 bits per heavy atom. The largest absolute Gasteiger partial charge is 0.497 e. The van der Waals surface area contributed by atoms with Crippen LogP contribution in [0.15, 0.2) is 29.4 Å². The first-order valence-electron chi connectivity index (χ1n) is 11.9. The number of ether oxygens (including phenoxy) is 1. The zero-order valence-corrected chi connectivity index (χ0v) is 20.0. The second-order valence-corrected chi connectivity index (χ2v) is 10.2. The van der Waals surface area contributed by atoms with Crippen molar-refractivity contribution in [2.24, 2.45) is 0 Å². The van der Waals surface area contributed by atoms with E-state index in [9.17, 15) is 4.79 Å². The van der Waals surface area contributed by atoms with Crippen molar-refractivity contribution in [1.82, 2.24) is 20.1 Å². The van der Waals surface area contributed by atoms with E-state index in [1.54, 1.807) is 7.11 Å². The maximum atomic E-state index is 12.8. The van der Waals surface area contributed by atoms with E-state index in [1.165, 1.54) is 43.9 Å². The minimum absolute atomic E-state index is 0.108. The number of carbonyl (C=O) groups is 1. The lowest BCUT2D eigenvalue weighted by molar-refractivity contribution is -0.120. The van der Waals surface area contributed by atoms with Gasteiger partial charge in [0.1, 0.15) is 5.75 Å². The first-order valence-corrected chi connectivity index (χ1v) is 12.8. The number of aromatic nitrogens is 3. The summed E-state index contributed by atoms with van der Waals surface area (Å²) in [6, 6.07) is 8.64. The smallest absolute Gasteiger partial charge is 0.233 e. The lowest BCUT2D eigenvalue weighted by Crippen LogP contribution is -2.37. The van der Waals surface area contributed by atoms with Crippen LogP contribution in [0.5, 0.6) is 5.75 Å². The van der Waals surface area contributed by atoms with Crippen molar-refractivity contribution in [2.75, 3.05) is 12.4 Å². The fourth-order valence-corrected chi connectivity index (χ4v) is 5.68. The predicted octanol–water partition coefficient (Wildman–Crippen LogP) is 4.94. The molecule has 1 aromatic heterocycles. The van der Waals surface area contributed by atoms with Gasteiger partial charge >= 0.3 is 0 Å². The van der Waals surface area contributed by atoms with Crippen LogP contribution in [0.3, 0.4) is 0 Å². The first-order chi connectivity index (χ1) is 15.6. The number of anilines is 1. The van der Waals surface area contributed by atoms with Crippen LogP contribution in [0.1, 0.15) is 76.6 Å². The van der Waals surface area contributed by atoms with Gasteiger partial charge in [0.25, 0.3) is 0 Å². The highest BCUT2D eigenvalue weighted by Crippen LogP contribution is 2.34. The van der Waals surface area contributed by atoms with Crippen molar-refractivity contribution in [3.63, 3.8) is 0 Å². The minimum atomic E-state index is -0.193. The number of methoxy groups -OCH3 is 1. The molecule has 1 aromatic carbocycles. The monoisotopic (exact) mass is 457 g/mol. The topological polar surface area (TPSA) is 81.1 Å². The molecule has 174 valence electrons. The van der Waals surface area contributed by atoms with Crippen LogP contribution in [0, 0.1) is 0 Å². The van der Waals surface area contributed by atoms with Crippen LogP contribution in [0.2, 0.25) is 0 Å². The average molecular weight is 458 g/mol. The first kappa shape index (κ1) is 23.0. The molecule has 0 bridgehead atoms. The zero-order valence-electron chi connectivity index (χ0n) is 19.2. The van der Waals surface area contributed by atoms with Crippen molar-refractivity contribution >= 4 is 23.4 Å². The van der Waals surface area contributed by atoms with Crippen LogP contribution >= 0.6 is 11.8 Å². The third-order valence-corrected chi connectivity index (χ3v) is 7.61. The van der Waals surface area contributed by atoms with Crippen LogP contribution in [-0.4, -0.2) is 39.1 Å². The number of thioether (sulfide) groups is 1. The summed E-state index contributed by atoms with van der Waals surface area (Å²) in [4.78, 5) is 12.8. The number of hydrogen-bond acceptors (Lipinski definition) is 6. The molecular formula is C24H35N5O2S. The van der Waals surface area contributed by atoms with E-state index in [1.807, 2.05) is 31.2 Å². The number of benzene rings is 1. The van der Waals surface area contributed by atoms with Gasteiger partial charge in [-0.15, -0.1) is 10.2 Å². The summed E-state index contributed by atoms with van der Waals surface area (Å²) in [5, 5.41) is 16.4. The number of amides is 1. The molecular weight excluding hydrogens is 422 g/mol. The van der Waals surface area contributed by atoms with Crippen molar-refractivity contribution < 1.29 is 9.53 Å². The zero-order chi connectivity index (χ0) is 22.3. The van der Waals surface area contributed by atoms with Gasteiger partial charge in [-0.25, -0.2) is 0 Å². The third-order valence-electron chi connectivity index (χ3n) is 6.55. The normalized spacial score (nSPS) is 18.4. The van der Waals surface area contributed by atoms with Gasteiger partial charge in [-0.2, -0.15) is 0 Å². The highest BCUT2D eigenvalue weighted by atomic mass is 32.2. The lowest BCUT2D eigenvalue weighted by Gasteiger charge is -2.26. The average Bonchev–Trinajstić information content (AvgIpc) is 3.48. The Balaban J connectivity index is 1.47. The van der Waals surface area contributed by atoms with E-state index < -0.39 is 0 Å². The van der Waals surface area contributed by atoms with Crippen molar-refractivity contribution in [3.8, 4) is 5.75 Å². The van der Waals surface area contributed by atoms with Gasteiger partial charge in [-0.3, -0.25) is 4.79 Å². The minimum Gasteiger partial charge on any atom is -0.497 e. The molecule has 1 atom stereocenters. The molecule has 1 amide bonds. The van der Waals surface area contributed by atoms with Gasteiger partial charge in [-0.05, 0) is 44.7 Å². The lowest BCUT2D eigenvalue weighted by atomic mass is 9.95. The van der Waals surface area contributed by atoms with Crippen molar-refractivity contribution in [3.05, 3.63) is 30.1 Å². The summed E-state index contributed by atoms with van der Waals surface area (Å²) in [5.74, 6) is 1.85. The van der Waals surface area contributed by atoms with E-state index >= 15 is 0 Å². The van der Waals surface area contributed by atoms with Crippen molar-refractivity contribution in [1.29, 1.82) is 0 Å². The van der Waals surface area contributed by atoms with Gasteiger partial charge < -0.3 is 19.9 Å². The Labute approximate surface area is 195 Å². The molecule has 0 spiro atoms. The molecule has 0 aliphatic heterocycles. The quantitative estimate of drug-likeness (QED) is 0.519. The molecule has 4 rings (SSSR count). The molecule has 2 N–H and O–H groups in total. The number of rotatable bonds is 9. The SMILES string of the molecule is COc1cccc(NCc2nnc(SC(C)C(=O)NC3CCCC3)n2C2CCCCC2)c1. The Morgan fingerprint density at radius 2 is 1.91 bits per heavy atom. The molecule has 2 aliphatic carbocycles. The standard InChI is InChI=1S/C24H35N5O2S/c1-17(23(30)26-18-9-6-7-10-18)32-24-28-27-22(29(24)20-12-4-3-5-13-20)16-25-19-11-8-14-21(15-19)31-2/h8,11,14-15,17-18,20,25H,3-7,9-10,12-13,16H2,1-2H3,(H,26,30). The van der Waals surface area contributed by atoms with Crippen LogP contribution in [-0.2, 0) is 11.3 Å². The van der Waals surface area contributed by atoms with Gasteiger partial charge in [0, 0.05) is 23.8 Å². The van der Waals surface area contributed by atoms with Crippen LogP contribution < -0.4 is 15.4 Å². The van der Waals surface area contributed by atoms with E-state index in [0.717, 1.165) is 48.1 Å². The van der Waals surface area contributed by atoms with Gasteiger partial charge in [0.2, 0.25) is 5.91 Å². The van der Waals surface area contributed by atoms with E-state index in [0.29, 0.717) is 18.6 Å². The third kappa shape index (κ3) is 5.77.